The summed E-state index contributed by atoms with van der Waals surface area (Å²) in [6.45, 7) is 2.36. The summed E-state index contributed by atoms with van der Waals surface area (Å²) >= 11 is 0. The van der Waals surface area contributed by atoms with Gasteiger partial charge in [0.25, 0.3) is 0 Å². The molecule has 0 aliphatic rings. The van der Waals surface area contributed by atoms with Crippen LogP contribution in [-0.4, -0.2) is 4.98 Å². The Morgan fingerprint density at radius 1 is 1.16 bits per heavy atom. The van der Waals surface area contributed by atoms with Gasteiger partial charge in [0.2, 0.25) is 0 Å². The first-order valence-corrected chi connectivity index (χ1v) is 6.18. The van der Waals surface area contributed by atoms with Crippen LogP contribution >= 0.6 is 0 Å². The van der Waals surface area contributed by atoms with E-state index in [0.29, 0.717) is 12.0 Å². The Morgan fingerprint density at radius 3 is 2.84 bits per heavy atom. The lowest BCUT2D eigenvalue weighted by atomic mass is 10.2. The van der Waals surface area contributed by atoms with Crippen molar-refractivity contribution in [2.24, 2.45) is 0 Å². The van der Waals surface area contributed by atoms with Crippen LogP contribution in [0.3, 0.4) is 0 Å². The van der Waals surface area contributed by atoms with E-state index < -0.39 is 0 Å². The van der Waals surface area contributed by atoms with Crippen molar-refractivity contribution in [1.29, 1.82) is 0 Å². The fraction of sp³-hybridized carbons (Fsp3) is 0.125. The highest BCUT2D eigenvalue weighted by Gasteiger charge is 2.08. The molecule has 2 nitrogen and oxygen atoms in total. The number of hydrogen-bond acceptors (Lipinski definition) is 1. The average molecular weight is 255 g/mol. The van der Waals surface area contributed by atoms with Crippen molar-refractivity contribution in [2.45, 2.75) is 13.5 Å². The zero-order valence-corrected chi connectivity index (χ0v) is 10.6. The number of rotatable bonds is 3. The van der Waals surface area contributed by atoms with Crippen molar-refractivity contribution in [1.82, 2.24) is 4.98 Å². The summed E-state index contributed by atoms with van der Waals surface area (Å²) in [6.07, 6.45) is 1.80. The van der Waals surface area contributed by atoms with Crippen LogP contribution in [0.1, 0.15) is 11.1 Å². The Hall–Kier alpha value is -2.29. The Morgan fingerprint density at radius 2 is 2.00 bits per heavy atom. The minimum Gasteiger partial charge on any atom is -0.489 e. The monoisotopic (exact) mass is 255 g/mol. The Bertz CT molecular complexity index is 718. The number of benzene rings is 2. The Labute approximate surface area is 110 Å². The van der Waals surface area contributed by atoms with Gasteiger partial charge in [-0.1, -0.05) is 18.2 Å². The van der Waals surface area contributed by atoms with Crippen LogP contribution in [0.4, 0.5) is 4.39 Å². The lowest BCUT2D eigenvalue weighted by Crippen LogP contribution is -1.95. The van der Waals surface area contributed by atoms with E-state index in [2.05, 4.69) is 4.98 Å². The number of fused-ring (bicyclic) bond motifs is 1. The average Bonchev–Trinajstić information content (AvgIpc) is 2.81. The highest BCUT2D eigenvalue weighted by molar-refractivity contribution is 5.83. The number of aromatic amines is 1. The van der Waals surface area contributed by atoms with Crippen LogP contribution < -0.4 is 4.74 Å². The van der Waals surface area contributed by atoms with Gasteiger partial charge in [0.15, 0.2) is 0 Å². The van der Waals surface area contributed by atoms with Crippen LogP contribution in [0.15, 0.2) is 48.7 Å². The van der Waals surface area contributed by atoms with Crippen LogP contribution in [-0.2, 0) is 6.61 Å². The smallest absolute Gasteiger partial charge is 0.132 e. The second-order valence-electron chi connectivity index (χ2n) is 4.58. The molecule has 3 heteroatoms. The maximum atomic E-state index is 13.8. The molecular formula is C16H14FNO. The van der Waals surface area contributed by atoms with Crippen molar-refractivity contribution in [3.8, 4) is 5.75 Å². The lowest BCUT2D eigenvalue weighted by Gasteiger charge is -2.06. The third-order valence-electron chi connectivity index (χ3n) is 3.12. The van der Waals surface area contributed by atoms with Crippen molar-refractivity contribution >= 4 is 10.9 Å². The SMILES string of the molecule is Cc1cccc(OCc2c[nH]c3cccc(F)c23)c1. The maximum absolute atomic E-state index is 13.8. The summed E-state index contributed by atoms with van der Waals surface area (Å²) < 4.78 is 19.5. The van der Waals surface area contributed by atoms with E-state index in [-0.39, 0.29) is 5.82 Å². The molecule has 0 saturated heterocycles. The summed E-state index contributed by atoms with van der Waals surface area (Å²) in [4.78, 5) is 3.06. The molecule has 0 radical (unpaired) electrons. The van der Waals surface area contributed by atoms with Crippen LogP contribution in [0.25, 0.3) is 10.9 Å². The number of hydrogen-bond donors (Lipinski definition) is 1. The molecule has 0 amide bonds. The van der Waals surface area contributed by atoms with Gasteiger partial charge in [-0.25, -0.2) is 4.39 Å². The van der Waals surface area contributed by atoms with Gasteiger partial charge in [-0.2, -0.15) is 0 Å². The predicted octanol–water partition coefficient (Wildman–Crippen LogP) is 4.19. The molecule has 0 fully saturated rings. The summed E-state index contributed by atoms with van der Waals surface area (Å²) in [5, 5.41) is 0.607. The lowest BCUT2D eigenvalue weighted by molar-refractivity contribution is 0.307. The molecule has 1 heterocycles. The molecule has 0 saturated carbocycles. The first-order chi connectivity index (χ1) is 9.24. The van der Waals surface area contributed by atoms with Gasteiger partial charge < -0.3 is 9.72 Å². The highest BCUT2D eigenvalue weighted by atomic mass is 19.1. The number of ether oxygens (including phenoxy) is 1. The number of aromatic nitrogens is 1. The van der Waals surface area contributed by atoms with Gasteiger partial charge in [0.1, 0.15) is 18.2 Å². The third-order valence-corrected chi connectivity index (χ3v) is 3.12. The third kappa shape index (κ3) is 2.32. The second-order valence-corrected chi connectivity index (χ2v) is 4.58. The normalized spacial score (nSPS) is 10.8. The molecule has 0 atom stereocenters. The maximum Gasteiger partial charge on any atom is 0.132 e. The number of aryl methyl sites for hydroxylation is 1. The molecular weight excluding hydrogens is 241 g/mol. The summed E-state index contributed by atoms with van der Waals surface area (Å²) in [5.41, 5.74) is 2.76. The fourth-order valence-corrected chi connectivity index (χ4v) is 2.19. The molecule has 0 bridgehead atoms. The van der Waals surface area contributed by atoms with Crippen LogP contribution in [0.5, 0.6) is 5.75 Å². The molecule has 3 aromatic rings. The number of H-pyrrole nitrogens is 1. The Balaban J connectivity index is 1.86. The second kappa shape index (κ2) is 4.76. The highest BCUT2D eigenvalue weighted by Crippen LogP contribution is 2.23. The van der Waals surface area contributed by atoms with Crippen molar-refractivity contribution in [3.05, 3.63) is 65.6 Å². The predicted molar refractivity (Wildman–Crippen MR) is 73.8 cm³/mol. The topological polar surface area (TPSA) is 25.0 Å². The molecule has 0 spiro atoms. The zero-order valence-electron chi connectivity index (χ0n) is 10.6. The van der Waals surface area contributed by atoms with E-state index in [0.717, 1.165) is 22.4 Å². The molecule has 3 rings (SSSR count). The molecule has 0 aliphatic carbocycles. The van der Waals surface area contributed by atoms with E-state index in [9.17, 15) is 4.39 Å². The molecule has 0 unspecified atom stereocenters. The Kier molecular flexibility index (Phi) is 2.95. The van der Waals surface area contributed by atoms with E-state index >= 15 is 0 Å². The molecule has 96 valence electrons. The van der Waals surface area contributed by atoms with Crippen molar-refractivity contribution < 1.29 is 9.13 Å². The molecule has 1 N–H and O–H groups in total. The van der Waals surface area contributed by atoms with E-state index in [1.807, 2.05) is 37.3 Å². The van der Waals surface area contributed by atoms with Crippen molar-refractivity contribution in [3.63, 3.8) is 0 Å². The molecule has 19 heavy (non-hydrogen) atoms. The number of nitrogens with one attached hydrogen (secondary N) is 1. The largest absolute Gasteiger partial charge is 0.489 e. The van der Waals surface area contributed by atoms with Gasteiger partial charge in [-0.05, 0) is 36.8 Å². The van der Waals surface area contributed by atoms with E-state index in [4.69, 9.17) is 4.74 Å². The molecule has 0 aliphatic heterocycles. The molecule has 1 aromatic heterocycles. The van der Waals surface area contributed by atoms with E-state index in [1.54, 1.807) is 12.3 Å². The van der Waals surface area contributed by atoms with Crippen LogP contribution in [0.2, 0.25) is 0 Å². The zero-order chi connectivity index (χ0) is 13.2. The van der Waals surface area contributed by atoms with Gasteiger partial charge >= 0.3 is 0 Å². The summed E-state index contributed by atoms with van der Waals surface area (Å²) in [5.74, 6) is 0.576. The van der Waals surface area contributed by atoms with Crippen LogP contribution in [0, 0.1) is 12.7 Å². The summed E-state index contributed by atoms with van der Waals surface area (Å²) in [6, 6.07) is 12.8. The van der Waals surface area contributed by atoms with E-state index in [1.165, 1.54) is 6.07 Å². The quantitative estimate of drug-likeness (QED) is 0.745. The number of halogens is 1. The first-order valence-electron chi connectivity index (χ1n) is 6.18. The standard InChI is InChI=1S/C16H14FNO/c1-11-4-2-5-13(8-11)19-10-12-9-18-15-7-3-6-14(17)16(12)15/h2-9,18H,10H2,1H3. The van der Waals surface area contributed by atoms with Gasteiger partial charge in [0.05, 0.1) is 0 Å². The summed E-state index contributed by atoms with van der Waals surface area (Å²) in [7, 11) is 0. The fourth-order valence-electron chi connectivity index (χ4n) is 2.19. The van der Waals surface area contributed by atoms with Gasteiger partial charge in [-0.15, -0.1) is 0 Å². The van der Waals surface area contributed by atoms with Gasteiger partial charge in [-0.3, -0.25) is 0 Å². The minimum absolute atomic E-state index is 0.221. The van der Waals surface area contributed by atoms with Crippen molar-refractivity contribution in [2.75, 3.05) is 0 Å². The van der Waals surface area contributed by atoms with Gasteiger partial charge in [0, 0.05) is 22.7 Å². The first kappa shape index (κ1) is 11.8. The molecule has 2 aromatic carbocycles. The minimum atomic E-state index is -0.221.